The predicted octanol–water partition coefficient (Wildman–Crippen LogP) is 29.3. The van der Waals surface area contributed by atoms with Crippen LogP contribution in [0.1, 0.15) is 0 Å². The van der Waals surface area contributed by atoms with Crippen LogP contribution in [-0.2, 0) is 0 Å². The number of rotatable bonds is 14. The molecule has 16 aromatic carbocycles. The van der Waals surface area contributed by atoms with E-state index in [1.54, 1.807) is 0 Å². The summed E-state index contributed by atoms with van der Waals surface area (Å²) in [4.78, 5) is 34.8. The highest BCUT2D eigenvalue weighted by atomic mass is 15.1. The maximum atomic E-state index is 5.09. The lowest BCUT2D eigenvalue weighted by atomic mass is 9.95. The van der Waals surface area contributed by atoms with Crippen LogP contribution in [0.5, 0.6) is 0 Å². The highest BCUT2D eigenvalue weighted by Crippen LogP contribution is 2.42. The molecular formula is C115H77N9. The summed E-state index contributed by atoms with van der Waals surface area (Å²) in [5.41, 5.74) is 34.3. The summed E-state index contributed by atoms with van der Waals surface area (Å²) in [7, 11) is 0. The van der Waals surface area contributed by atoms with Crippen LogP contribution in [-0.4, -0.2) is 44.0 Å². The minimum absolute atomic E-state index is 0.907. The SMILES string of the molecule is c1ccc(-c2ccc3nc(-c4ccccc4)cc(-c4ccc(-c5cccc6cccnc56)nc4)c3c2)cc1.c1ccc(-c2ccc3nc(-c4ccccc4)cc(-c4ccc(-c5nc6ccccc6n5-c5ccccc5)cc4)c3c2)cc1.c1ccc(-c2ccc3nc(-c4ccccc4)cc(-c4ccc(-n5c(-c6ccccc6)nc6ccccc65)cc4)c3c2)cc1. The summed E-state index contributed by atoms with van der Waals surface area (Å²) >= 11 is 0. The second kappa shape index (κ2) is 33.6. The van der Waals surface area contributed by atoms with Gasteiger partial charge >= 0.3 is 0 Å². The van der Waals surface area contributed by atoms with Crippen LogP contribution >= 0.6 is 0 Å². The number of hydrogen-bond donors (Lipinski definition) is 0. The molecule has 0 amide bonds. The highest BCUT2D eigenvalue weighted by molar-refractivity contribution is 6.03. The van der Waals surface area contributed by atoms with Crippen molar-refractivity contribution < 1.29 is 0 Å². The van der Waals surface area contributed by atoms with Crippen molar-refractivity contribution in [1.29, 1.82) is 0 Å². The molecule has 0 aliphatic carbocycles. The summed E-state index contributed by atoms with van der Waals surface area (Å²) in [6.07, 6.45) is 3.80. The lowest BCUT2D eigenvalue weighted by molar-refractivity contribution is 1.10. The molecule has 9 nitrogen and oxygen atoms in total. The van der Waals surface area contributed by atoms with Gasteiger partial charge in [0.05, 0.1) is 66.9 Å². The smallest absolute Gasteiger partial charge is 0.145 e. The first-order valence-electron chi connectivity index (χ1n) is 41.7. The van der Waals surface area contributed by atoms with Crippen LogP contribution in [0.2, 0.25) is 0 Å². The zero-order valence-electron chi connectivity index (χ0n) is 67.5. The van der Waals surface area contributed by atoms with Gasteiger partial charge in [-0.1, -0.05) is 340 Å². The molecule has 0 fully saturated rings. The van der Waals surface area contributed by atoms with Crippen molar-refractivity contribution in [2.45, 2.75) is 0 Å². The summed E-state index contributed by atoms with van der Waals surface area (Å²) in [6.45, 7) is 0. The van der Waals surface area contributed by atoms with E-state index in [9.17, 15) is 0 Å². The molecule has 124 heavy (non-hydrogen) atoms. The van der Waals surface area contributed by atoms with Gasteiger partial charge in [0, 0.05) is 84.3 Å². The van der Waals surface area contributed by atoms with Crippen LogP contribution in [0.25, 0.3) is 212 Å². The van der Waals surface area contributed by atoms with Crippen molar-refractivity contribution in [3.8, 4) is 146 Å². The lowest BCUT2D eigenvalue weighted by Gasteiger charge is -2.14. The molecule has 9 heteroatoms. The average Bonchev–Trinajstić information content (AvgIpc) is 1.52. The van der Waals surface area contributed by atoms with Gasteiger partial charge in [-0.15, -0.1) is 0 Å². The van der Waals surface area contributed by atoms with E-state index in [4.69, 9.17) is 29.9 Å². The van der Waals surface area contributed by atoms with Gasteiger partial charge in [0.25, 0.3) is 0 Å². The number of fused-ring (bicyclic) bond motifs is 6. The Morgan fingerprint density at radius 2 is 0.508 bits per heavy atom. The molecule has 0 aliphatic rings. The predicted molar refractivity (Wildman–Crippen MR) is 513 cm³/mol. The standard InChI is InChI=1S/2C40H27N3.C35H23N3/c1-4-12-28(13-5-1)32-22-25-36-35(26-32)34(27-38(41-36)30-14-6-2-7-15-30)29-20-23-33(24-21-29)43-39-19-11-10-18-37(39)42-40(43)31-16-8-3-9-17-31;1-4-12-28(13-5-1)32-24-25-36-35(26-32)34(27-38(41-36)30-14-6-2-7-15-30)29-20-22-31(23-21-29)40-42-37-18-10-11-19-39(37)43(40)33-16-8-3-9-17-33;1-3-9-24(10-4-1)27-16-19-33-31(21-27)30(22-34(38-33)25-11-5-2-6-12-25)28-17-18-32(37-23-28)29-15-7-13-26-14-8-20-36-35(26)29/h2*1-27H;1-23H. The van der Waals surface area contributed by atoms with E-state index in [0.717, 1.165) is 178 Å². The Balaban J connectivity index is 0.000000114. The first-order chi connectivity index (χ1) is 61.5. The van der Waals surface area contributed by atoms with Crippen LogP contribution in [0.15, 0.2) is 467 Å². The number of aromatic nitrogens is 9. The Morgan fingerprint density at radius 1 is 0.177 bits per heavy atom. The van der Waals surface area contributed by atoms with Crippen molar-refractivity contribution in [2.75, 3.05) is 0 Å². The summed E-state index contributed by atoms with van der Waals surface area (Å²) < 4.78 is 4.49. The fourth-order valence-corrected chi connectivity index (χ4v) is 16.8. The fraction of sp³-hybridized carbons (Fsp3) is 0. The Labute approximate surface area is 718 Å². The third kappa shape index (κ3) is 15.1. The Bertz CT molecular complexity index is 7760. The number of para-hydroxylation sites is 6. The Hall–Kier alpha value is -16.8. The fourth-order valence-electron chi connectivity index (χ4n) is 16.8. The van der Waals surface area contributed by atoms with E-state index in [-0.39, 0.29) is 0 Å². The number of nitrogens with zero attached hydrogens (tertiary/aromatic N) is 9. The topological polar surface area (TPSA) is 100 Å². The summed E-state index contributed by atoms with van der Waals surface area (Å²) in [5, 5.41) is 4.47. The number of imidazole rings is 2. The van der Waals surface area contributed by atoms with Gasteiger partial charge < -0.3 is 0 Å². The molecule has 0 aliphatic heterocycles. The molecular weight excluding hydrogens is 1510 g/mol. The van der Waals surface area contributed by atoms with Crippen LogP contribution in [0, 0.1) is 0 Å². The van der Waals surface area contributed by atoms with E-state index in [0.29, 0.717) is 0 Å². The first kappa shape index (κ1) is 74.8. The maximum absolute atomic E-state index is 5.09. The minimum Gasteiger partial charge on any atom is -0.292 e. The molecule has 0 N–H and O–H groups in total. The van der Waals surface area contributed by atoms with E-state index in [1.807, 2.05) is 79.1 Å². The molecule has 0 saturated carbocycles. The molecule has 7 aromatic heterocycles. The Morgan fingerprint density at radius 3 is 0.927 bits per heavy atom. The monoisotopic (exact) mass is 1580 g/mol. The maximum Gasteiger partial charge on any atom is 0.145 e. The van der Waals surface area contributed by atoms with E-state index in [1.165, 1.54) is 33.4 Å². The summed E-state index contributed by atoms with van der Waals surface area (Å²) in [5.74, 6) is 1.86. The number of hydrogen-bond acceptors (Lipinski definition) is 7. The Kier molecular flexibility index (Phi) is 20.2. The van der Waals surface area contributed by atoms with Crippen molar-refractivity contribution >= 4 is 65.7 Å². The molecule has 23 aromatic rings. The second-order valence-corrected chi connectivity index (χ2v) is 30.7. The van der Waals surface area contributed by atoms with Gasteiger partial charge in [-0.2, -0.15) is 0 Å². The van der Waals surface area contributed by atoms with Crippen LogP contribution < -0.4 is 0 Å². The van der Waals surface area contributed by atoms with Gasteiger partial charge in [-0.05, 0) is 176 Å². The molecule has 582 valence electrons. The zero-order valence-corrected chi connectivity index (χ0v) is 67.5. The van der Waals surface area contributed by atoms with Crippen LogP contribution in [0.4, 0.5) is 0 Å². The summed E-state index contributed by atoms with van der Waals surface area (Å²) in [6, 6.07) is 159. The first-order valence-corrected chi connectivity index (χ1v) is 41.7. The van der Waals surface area contributed by atoms with Gasteiger partial charge in [0.15, 0.2) is 0 Å². The third-order valence-corrected chi connectivity index (χ3v) is 23.0. The number of pyridine rings is 5. The van der Waals surface area contributed by atoms with Crippen molar-refractivity contribution in [2.24, 2.45) is 0 Å². The molecule has 7 heterocycles. The molecule has 0 unspecified atom stereocenters. The molecule has 23 rings (SSSR count). The highest BCUT2D eigenvalue weighted by Gasteiger charge is 2.21. The molecule has 0 bridgehead atoms. The average molecular weight is 1580 g/mol. The molecule has 0 atom stereocenters. The van der Waals surface area contributed by atoms with Gasteiger partial charge in [0.2, 0.25) is 0 Å². The largest absolute Gasteiger partial charge is 0.292 e. The second-order valence-electron chi connectivity index (χ2n) is 30.7. The molecule has 0 radical (unpaired) electrons. The van der Waals surface area contributed by atoms with Crippen molar-refractivity contribution in [1.82, 2.24) is 44.0 Å². The van der Waals surface area contributed by atoms with Crippen molar-refractivity contribution in [3.05, 3.63) is 467 Å². The normalized spacial score (nSPS) is 11.2. The minimum atomic E-state index is 0.907. The van der Waals surface area contributed by atoms with E-state index >= 15 is 0 Å². The van der Waals surface area contributed by atoms with Crippen molar-refractivity contribution in [3.63, 3.8) is 0 Å². The van der Waals surface area contributed by atoms with Gasteiger partial charge in [-0.25, -0.2) is 24.9 Å². The van der Waals surface area contributed by atoms with Gasteiger partial charge in [-0.3, -0.25) is 19.1 Å². The quantitative estimate of drug-likeness (QED) is 0.107. The van der Waals surface area contributed by atoms with Gasteiger partial charge in [0.1, 0.15) is 11.6 Å². The molecule has 0 saturated heterocycles. The molecule has 0 spiro atoms. The van der Waals surface area contributed by atoms with E-state index in [2.05, 4.69) is 402 Å². The lowest BCUT2D eigenvalue weighted by Crippen LogP contribution is -1.97. The van der Waals surface area contributed by atoms with E-state index < -0.39 is 0 Å². The number of benzene rings is 16. The zero-order chi connectivity index (χ0) is 82.5. The van der Waals surface area contributed by atoms with Crippen LogP contribution in [0.3, 0.4) is 0 Å². The third-order valence-electron chi connectivity index (χ3n) is 23.0.